The predicted octanol–water partition coefficient (Wildman–Crippen LogP) is 10.2. The Balaban J connectivity index is 0.000000987. The summed E-state index contributed by atoms with van der Waals surface area (Å²) in [5.74, 6) is 0.702. The number of likely N-dealkylation sites (N-methyl/N-ethyl adjacent to an activating group) is 2. The Bertz CT molecular complexity index is 1780. The van der Waals surface area contributed by atoms with E-state index in [9.17, 15) is 5.11 Å². The first-order valence-corrected chi connectivity index (χ1v) is 28.8. The van der Waals surface area contributed by atoms with Gasteiger partial charge in [-0.15, -0.1) is 11.6 Å². The van der Waals surface area contributed by atoms with Gasteiger partial charge in [0.05, 0.1) is 6.61 Å². The summed E-state index contributed by atoms with van der Waals surface area (Å²) in [6.07, 6.45) is -0.554. The van der Waals surface area contributed by atoms with Crippen LogP contribution in [-0.2, 0) is 13.6 Å². The molecule has 0 radical (unpaired) electrons. The smallest absolute Gasteiger partial charge is 1.00 e. The van der Waals surface area contributed by atoms with Gasteiger partial charge in [-0.05, 0) is 96.6 Å². The molecule has 0 aliphatic heterocycles. The van der Waals surface area contributed by atoms with Crippen LogP contribution in [0.2, 0.25) is 36.3 Å². The van der Waals surface area contributed by atoms with Gasteiger partial charge in [0.15, 0.2) is 16.6 Å². The summed E-state index contributed by atoms with van der Waals surface area (Å²) >= 11 is 5.74. The molecule has 0 aromatic heterocycles. The molecule has 2 atom stereocenters. The van der Waals surface area contributed by atoms with Crippen LogP contribution in [0, 0.1) is 13.8 Å². The van der Waals surface area contributed by atoms with Crippen LogP contribution in [0.3, 0.4) is 0 Å². The predicted molar refractivity (Wildman–Crippen MR) is 269 cm³/mol. The minimum atomic E-state index is -1.69. The fraction of sp³-hybridized carbons (Fsp3) is 0.538. The molecular formula is C52H84ClN2NaO4Si2. The molecule has 342 valence electrons. The average molecular weight is 916 g/mol. The van der Waals surface area contributed by atoms with Gasteiger partial charge in [0.2, 0.25) is 0 Å². The topological polar surface area (TPSA) is 54.4 Å². The number of hydrogen-bond acceptors (Lipinski definition) is 6. The summed E-state index contributed by atoms with van der Waals surface area (Å²) in [7, 11) is -3.25. The molecule has 0 saturated heterocycles. The van der Waals surface area contributed by atoms with Gasteiger partial charge in [-0.1, -0.05) is 165 Å². The molecule has 4 rings (SSSR count). The Morgan fingerprint density at radius 3 is 1.34 bits per heavy atom. The number of aryl methyl sites for hydroxylation is 2. The fourth-order valence-electron chi connectivity index (χ4n) is 6.15. The molecule has 0 saturated carbocycles. The summed E-state index contributed by atoms with van der Waals surface area (Å²) in [4.78, 5) is 4.76. The number of hydrogen-bond donors (Lipinski definition) is 1. The molecule has 6 nitrogen and oxygen atoms in total. The van der Waals surface area contributed by atoms with Crippen LogP contribution in [0.5, 0.6) is 0 Å². The largest absolute Gasteiger partial charge is 1.00 e. The molecule has 4 aromatic carbocycles. The van der Waals surface area contributed by atoms with Gasteiger partial charge in [-0.2, -0.15) is 0 Å². The summed E-state index contributed by atoms with van der Waals surface area (Å²) in [6.45, 7) is 39.7. The number of benzene rings is 4. The normalized spacial score (nSPS) is 13.1. The second kappa shape index (κ2) is 29.1. The van der Waals surface area contributed by atoms with Crippen molar-refractivity contribution in [3.63, 3.8) is 0 Å². The van der Waals surface area contributed by atoms with Crippen molar-refractivity contribution in [1.29, 1.82) is 0 Å². The van der Waals surface area contributed by atoms with Gasteiger partial charge >= 0.3 is 29.6 Å². The van der Waals surface area contributed by atoms with Crippen molar-refractivity contribution in [2.45, 2.75) is 118 Å². The van der Waals surface area contributed by atoms with E-state index in [0.29, 0.717) is 17.5 Å². The van der Waals surface area contributed by atoms with Crippen LogP contribution in [0.15, 0.2) is 109 Å². The number of alkyl halides is 1. The molecule has 0 amide bonds. The van der Waals surface area contributed by atoms with Crippen LogP contribution in [-0.4, -0.2) is 96.5 Å². The van der Waals surface area contributed by atoms with Crippen molar-refractivity contribution in [1.82, 2.24) is 9.80 Å². The van der Waals surface area contributed by atoms with E-state index in [-0.39, 0.29) is 42.1 Å². The van der Waals surface area contributed by atoms with Crippen molar-refractivity contribution in [3.8, 4) is 0 Å². The first-order chi connectivity index (χ1) is 28.7. The molecule has 0 bridgehead atoms. The molecule has 2 unspecified atom stereocenters. The molecular weight excluding hydrogens is 831 g/mol. The standard InChI is InChI=1S/C26H41NO2Si.C14H14O.C12H28ClNOSi.Na.H/c1-8-27(19-21-29-30(6,7)26(3,4)5)18-20-28-25(23-15-10-9-11-16-23)24-17-13-12-14-22(24)2;1-11-7-5-6-10-13(11)14(15)12-8-3-2-4-9-12;1-7-14(9-8-13)10-11-15-16(5,6)12(2,3)4;;/h9-17,25H,8,18-21H2,1-7H3;2-10,14-15H,1H3;7-11H2,1-6H3;;/q;;;+1;-1. The summed E-state index contributed by atoms with van der Waals surface area (Å²) in [6, 6.07) is 36.7. The molecule has 0 spiro atoms. The van der Waals surface area contributed by atoms with E-state index in [1.807, 2.05) is 61.5 Å². The molecule has 62 heavy (non-hydrogen) atoms. The Morgan fingerprint density at radius 1 is 0.565 bits per heavy atom. The summed E-state index contributed by atoms with van der Waals surface area (Å²) in [5.41, 5.74) is 6.75. The van der Waals surface area contributed by atoms with Gasteiger partial charge in [-0.25, -0.2) is 0 Å². The second-order valence-corrected chi connectivity index (χ2v) is 29.0. The molecule has 0 heterocycles. The van der Waals surface area contributed by atoms with Crippen LogP contribution in [0.4, 0.5) is 0 Å². The Hall–Kier alpha value is -1.64. The fourth-order valence-corrected chi connectivity index (χ4v) is 8.46. The van der Waals surface area contributed by atoms with Crippen molar-refractivity contribution >= 4 is 28.2 Å². The van der Waals surface area contributed by atoms with Crippen LogP contribution < -0.4 is 29.6 Å². The van der Waals surface area contributed by atoms with Crippen LogP contribution in [0.1, 0.15) is 102 Å². The summed E-state index contributed by atoms with van der Waals surface area (Å²) in [5, 5.41) is 10.7. The van der Waals surface area contributed by atoms with E-state index in [1.165, 1.54) is 16.7 Å². The third-order valence-electron chi connectivity index (χ3n) is 12.5. The monoisotopic (exact) mass is 915 g/mol. The maximum Gasteiger partial charge on any atom is 1.00 e. The minimum absolute atomic E-state index is 0. The zero-order chi connectivity index (χ0) is 45.7. The number of aliphatic hydroxyl groups is 1. The van der Waals surface area contributed by atoms with E-state index in [2.05, 4.69) is 153 Å². The Labute approximate surface area is 410 Å². The number of ether oxygens (including phenoxy) is 1. The Morgan fingerprint density at radius 2 is 0.935 bits per heavy atom. The van der Waals surface area contributed by atoms with Crippen molar-refractivity contribution in [2.24, 2.45) is 0 Å². The summed E-state index contributed by atoms with van der Waals surface area (Å²) < 4.78 is 18.9. The maximum absolute atomic E-state index is 10.2. The van der Waals surface area contributed by atoms with Gasteiger partial charge in [0, 0.05) is 45.3 Å². The number of aliphatic hydroxyl groups excluding tert-OH is 1. The first-order valence-electron chi connectivity index (χ1n) is 22.5. The van der Waals surface area contributed by atoms with Gasteiger partial charge in [-0.3, -0.25) is 4.90 Å². The van der Waals surface area contributed by atoms with Crippen LogP contribution >= 0.6 is 11.6 Å². The van der Waals surface area contributed by atoms with E-state index in [0.717, 1.165) is 69.2 Å². The zero-order valence-electron chi connectivity index (χ0n) is 42.6. The minimum Gasteiger partial charge on any atom is -1.00 e. The van der Waals surface area contributed by atoms with Gasteiger partial charge in [0.1, 0.15) is 12.2 Å². The number of rotatable bonds is 20. The van der Waals surface area contributed by atoms with E-state index < -0.39 is 22.7 Å². The molecule has 0 aliphatic carbocycles. The molecule has 1 N–H and O–H groups in total. The molecule has 0 aliphatic rings. The Kier molecular flexibility index (Phi) is 27.4. The van der Waals surface area contributed by atoms with Crippen molar-refractivity contribution in [3.05, 3.63) is 143 Å². The average Bonchev–Trinajstić information content (AvgIpc) is 3.22. The SMILES string of the molecule is CCN(CCCl)CCO[Si](C)(C)C(C)(C)C.CCN(CCOC(c1ccccc1)c1ccccc1C)CCO[Si](C)(C)C(C)(C)C.Cc1ccccc1C(O)c1ccccc1.[H-].[Na+]. The van der Waals surface area contributed by atoms with Gasteiger partial charge in [0.25, 0.3) is 0 Å². The van der Waals surface area contributed by atoms with E-state index in [4.69, 9.17) is 25.2 Å². The first kappa shape index (κ1) is 58.4. The molecule has 0 fully saturated rings. The quantitative estimate of drug-likeness (QED) is 0.0704. The number of halogens is 1. The van der Waals surface area contributed by atoms with Gasteiger partial charge < -0.3 is 25.0 Å². The van der Waals surface area contributed by atoms with Crippen molar-refractivity contribution < 1.29 is 49.7 Å². The van der Waals surface area contributed by atoms with Crippen molar-refractivity contribution in [2.75, 3.05) is 65.0 Å². The second-order valence-electron chi connectivity index (χ2n) is 19.0. The maximum atomic E-state index is 10.2. The van der Waals surface area contributed by atoms with E-state index >= 15 is 0 Å². The third kappa shape index (κ3) is 20.3. The number of nitrogens with zero attached hydrogens (tertiary/aromatic N) is 2. The van der Waals surface area contributed by atoms with Crippen LogP contribution in [0.25, 0.3) is 0 Å². The zero-order valence-corrected chi connectivity index (χ0v) is 46.3. The molecule has 10 heteroatoms. The third-order valence-corrected chi connectivity index (χ3v) is 21.8. The van der Waals surface area contributed by atoms with E-state index in [1.54, 1.807) is 0 Å². The molecule has 4 aromatic rings.